The van der Waals surface area contributed by atoms with Gasteiger partial charge in [-0.25, -0.2) is 14.2 Å². The molecule has 0 aromatic heterocycles. The van der Waals surface area contributed by atoms with E-state index in [-0.39, 0.29) is 23.7 Å². The third kappa shape index (κ3) is 7.96. The summed E-state index contributed by atoms with van der Waals surface area (Å²) in [4.78, 5) is 28.4. The van der Waals surface area contributed by atoms with E-state index >= 15 is 4.57 Å². The number of nitrogens with one attached hydrogen (secondary N) is 2. The monoisotopic (exact) mass is 694 g/mol. The van der Waals surface area contributed by atoms with Crippen LogP contribution in [0.5, 0.6) is 17.2 Å². The molecule has 2 atom stereocenters. The van der Waals surface area contributed by atoms with Gasteiger partial charge in [-0.3, -0.25) is 0 Å². The van der Waals surface area contributed by atoms with Crippen LogP contribution >= 0.6 is 19.3 Å². The summed E-state index contributed by atoms with van der Waals surface area (Å²) in [6, 6.07) is 22.1. The zero-order chi connectivity index (χ0) is 35.1. The SMILES string of the molecule is CCOC(=O)C(Nc1ccc(OC)cc1)C(NP(=O)(Oc1c(C)cccc1C)Oc1c(C)cccc1C)(C(=O)OC)c1ccc(Cl)cc1. The first-order valence-electron chi connectivity index (χ1n) is 15.2. The number of para-hydroxylation sites is 2. The summed E-state index contributed by atoms with van der Waals surface area (Å²) in [7, 11) is -2.03. The van der Waals surface area contributed by atoms with E-state index < -0.39 is 31.3 Å². The molecule has 4 rings (SSSR count). The number of carbonyl (C=O) groups is 2. The average Bonchev–Trinajstić information content (AvgIpc) is 3.07. The molecule has 0 bridgehead atoms. The Morgan fingerprint density at radius 3 is 1.73 bits per heavy atom. The fraction of sp³-hybridized carbons (Fsp3) is 0.278. The number of methoxy groups -OCH3 is 2. The molecule has 254 valence electrons. The van der Waals surface area contributed by atoms with Crippen LogP contribution < -0.4 is 24.2 Å². The van der Waals surface area contributed by atoms with Crippen molar-refractivity contribution >= 4 is 37.0 Å². The molecule has 0 fully saturated rings. The van der Waals surface area contributed by atoms with Crippen molar-refractivity contribution in [3.05, 3.63) is 118 Å². The van der Waals surface area contributed by atoms with Gasteiger partial charge in [0.05, 0.1) is 20.8 Å². The van der Waals surface area contributed by atoms with Crippen molar-refractivity contribution < 1.29 is 37.4 Å². The van der Waals surface area contributed by atoms with Gasteiger partial charge in [0.1, 0.15) is 17.2 Å². The van der Waals surface area contributed by atoms with Gasteiger partial charge in [0, 0.05) is 10.7 Å². The highest BCUT2D eigenvalue weighted by Gasteiger charge is 2.58. The van der Waals surface area contributed by atoms with E-state index in [4.69, 9.17) is 34.9 Å². The first kappa shape index (κ1) is 36.3. The van der Waals surface area contributed by atoms with Gasteiger partial charge in [-0.05, 0) is 98.8 Å². The van der Waals surface area contributed by atoms with Crippen LogP contribution in [0.1, 0.15) is 34.7 Å². The maximum Gasteiger partial charge on any atom is 0.514 e. The molecule has 4 aromatic rings. The fourth-order valence-corrected chi connectivity index (χ4v) is 7.37. The minimum atomic E-state index is -4.72. The van der Waals surface area contributed by atoms with Crippen LogP contribution in [0.4, 0.5) is 5.69 Å². The Morgan fingerprint density at radius 2 is 1.29 bits per heavy atom. The standard InChI is InChI=1S/C36H40ClN2O8P/c1-8-45-34(40)33(38-29-19-21-30(43-6)22-20-29)36(35(41)44-7,27-15-17-28(37)18-16-27)39-48(42,46-31-23(2)11-9-12-24(31)3)47-32-25(4)13-10-14-26(32)5/h9-22,33,38H,8H2,1-7H3,(H,39,42). The molecule has 0 saturated carbocycles. The Bertz CT molecular complexity index is 1700. The molecule has 12 heteroatoms. The predicted octanol–water partition coefficient (Wildman–Crippen LogP) is 7.85. The van der Waals surface area contributed by atoms with Gasteiger partial charge < -0.3 is 28.6 Å². The van der Waals surface area contributed by atoms with E-state index in [1.54, 1.807) is 83.1 Å². The molecule has 2 N–H and O–H groups in total. The topological polar surface area (TPSA) is 121 Å². The van der Waals surface area contributed by atoms with Crippen LogP contribution in [-0.2, 0) is 29.2 Å². The minimum absolute atomic E-state index is 0.0209. The molecule has 0 aliphatic heterocycles. The number of hydrogen-bond donors (Lipinski definition) is 2. The van der Waals surface area contributed by atoms with E-state index in [0.29, 0.717) is 38.7 Å². The molecule has 0 amide bonds. The van der Waals surface area contributed by atoms with E-state index in [1.165, 1.54) is 31.4 Å². The Morgan fingerprint density at radius 1 is 0.792 bits per heavy atom. The van der Waals surface area contributed by atoms with Crippen LogP contribution in [0.15, 0.2) is 84.9 Å². The van der Waals surface area contributed by atoms with Gasteiger partial charge in [0.2, 0.25) is 0 Å². The summed E-state index contributed by atoms with van der Waals surface area (Å²) in [5.41, 5.74) is 0.929. The molecular formula is C36H40ClN2O8P. The fourth-order valence-electron chi connectivity index (χ4n) is 5.28. The second-order valence-corrected chi connectivity index (χ2v) is 13.1. The van der Waals surface area contributed by atoms with Gasteiger partial charge in [0.15, 0.2) is 11.6 Å². The highest BCUT2D eigenvalue weighted by atomic mass is 35.5. The van der Waals surface area contributed by atoms with E-state index in [2.05, 4.69) is 10.4 Å². The van der Waals surface area contributed by atoms with Crippen molar-refractivity contribution in [2.45, 2.75) is 46.2 Å². The van der Waals surface area contributed by atoms with Gasteiger partial charge >= 0.3 is 19.7 Å². The zero-order valence-corrected chi connectivity index (χ0v) is 29.6. The second kappa shape index (κ2) is 15.6. The highest BCUT2D eigenvalue weighted by molar-refractivity contribution is 7.52. The van der Waals surface area contributed by atoms with Crippen molar-refractivity contribution in [2.24, 2.45) is 0 Å². The lowest BCUT2D eigenvalue weighted by molar-refractivity contribution is -0.157. The molecule has 2 unspecified atom stereocenters. The Labute approximate surface area is 286 Å². The average molecular weight is 695 g/mol. The van der Waals surface area contributed by atoms with E-state index in [9.17, 15) is 9.59 Å². The largest absolute Gasteiger partial charge is 0.514 e. The van der Waals surface area contributed by atoms with Crippen LogP contribution in [0, 0.1) is 27.7 Å². The Hall–Kier alpha value is -4.50. The Balaban J connectivity index is 2.04. The number of esters is 2. The molecule has 0 saturated heterocycles. The van der Waals surface area contributed by atoms with Crippen LogP contribution in [0.25, 0.3) is 0 Å². The lowest BCUT2D eigenvalue weighted by Gasteiger charge is -2.40. The predicted molar refractivity (Wildman–Crippen MR) is 186 cm³/mol. The second-order valence-electron chi connectivity index (χ2n) is 11.1. The third-order valence-corrected chi connectivity index (χ3v) is 9.44. The summed E-state index contributed by atoms with van der Waals surface area (Å²) in [6.45, 7) is 8.80. The number of rotatable bonds is 14. The summed E-state index contributed by atoms with van der Waals surface area (Å²) < 4.78 is 44.3. The van der Waals surface area contributed by atoms with Crippen LogP contribution in [-0.4, -0.2) is 38.8 Å². The number of carbonyl (C=O) groups excluding carboxylic acids is 2. The molecule has 0 aliphatic carbocycles. The summed E-state index contributed by atoms with van der Waals surface area (Å²) >= 11 is 6.28. The van der Waals surface area contributed by atoms with Gasteiger partial charge in [-0.15, -0.1) is 0 Å². The number of aryl methyl sites for hydroxylation is 4. The smallest absolute Gasteiger partial charge is 0.497 e. The van der Waals surface area contributed by atoms with Crippen molar-refractivity contribution in [2.75, 3.05) is 26.1 Å². The molecule has 4 aromatic carbocycles. The number of anilines is 1. The molecule has 10 nitrogen and oxygen atoms in total. The van der Waals surface area contributed by atoms with Crippen molar-refractivity contribution in [1.82, 2.24) is 5.09 Å². The van der Waals surface area contributed by atoms with Gasteiger partial charge in [-0.1, -0.05) is 60.1 Å². The van der Waals surface area contributed by atoms with Gasteiger partial charge in [0.25, 0.3) is 0 Å². The summed E-state index contributed by atoms with van der Waals surface area (Å²) in [5, 5.41) is 6.40. The van der Waals surface area contributed by atoms with E-state index in [1.807, 2.05) is 12.1 Å². The lowest BCUT2D eigenvalue weighted by Crippen LogP contribution is -2.63. The number of ether oxygens (including phenoxy) is 3. The minimum Gasteiger partial charge on any atom is -0.497 e. The zero-order valence-electron chi connectivity index (χ0n) is 28.0. The first-order valence-corrected chi connectivity index (χ1v) is 17.1. The third-order valence-electron chi connectivity index (χ3n) is 7.72. The van der Waals surface area contributed by atoms with Crippen LogP contribution in [0.2, 0.25) is 5.02 Å². The Kier molecular flexibility index (Phi) is 11.8. The lowest BCUT2D eigenvalue weighted by atomic mass is 9.83. The summed E-state index contributed by atoms with van der Waals surface area (Å²) in [6.07, 6.45) is 0. The van der Waals surface area contributed by atoms with Crippen molar-refractivity contribution in [3.63, 3.8) is 0 Å². The maximum absolute atomic E-state index is 15.5. The molecule has 0 radical (unpaired) electrons. The number of hydrogen-bond acceptors (Lipinski definition) is 9. The highest BCUT2D eigenvalue weighted by Crippen LogP contribution is 2.52. The first-order chi connectivity index (χ1) is 22.9. The van der Waals surface area contributed by atoms with Crippen molar-refractivity contribution in [3.8, 4) is 17.2 Å². The maximum atomic E-state index is 15.5. The molecular weight excluding hydrogens is 655 g/mol. The quantitative estimate of drug-likeness (QED) is 0.0997. The van der Waals surface area contributed by atoms with E-state index in [0.717, 1.165) is 7.11 Å². The molecule has 0 spiro atoms. The molecule has 0 aliphatic rings. The normalized spacial score (nSPS) is 13.1. The van der Waals surface area contributed by atoms with Crippen molar-refractivity contribution in [1.29, 1.82) is 0 Å². The summed E-state index contributed by atoms with van der Waals surface area (Å²) in [5.74, 6) is -0.738. The molecule has 48 heavy (non-hydrogen) atoms. The van der Waals surface area contributed by atoms with Gasteiger partial charge in [-0.2, -0.15) is 5.09 Å². The molecule has 0 heterocycles. The van der Waals surface area contributed by atoms with Crippen LogP contribution in [0.3, 0.4) is 0 Å². The number of halogens is 1. The number of benzene rings is 4.